The van der Waals surface area contributed by atoms with E-state index in [1.54, 1.807) is 7.11 Å². The van der Waals surface area contributed by atoms with Gasteiger partial charge in [0.15, 0.2) is 0 Å². The number of nitrogens with zero attached hydrogens (tertiary/aromatic N) is 1. The Hall–Kier alpha value is -0.570. The van der Waals surface area contributed by atoms with Gasteiger partial charge in [0.2, 0.25) is 0 Å². The van der Waals surface area contributed by atoms with Gasteiger partial charge in [-0.3, -0.25) is 0 Å². The van der Waals surface area contributed by atoms with Crippen LogP contribution < -0.4 is 0 Å². The summed E-state index contributed by atoms with van der Waals surface area (Å²) in [5.41, 5.74) is 1.45. The Morgan fingerprint density at radius 2 is 2.21 bits per heavy atom. The molecule has 3 atom stereocenters. The van der Waals surface area contributed by atoms with Crippen molar-refractivity contribution < 1.29 is 9.94 Å². The fourth-order valence-corrected chi connectivity index (χ4v) is 3.08. The zero-order chi connectivity index (χ0) is 10.3. The molecular weight excluding hydrogens is 178 g/mol. The highest BCUT2D eigenvalue weighted by Crippen LogP contribution is 2.59. The van der Waals surface area contributed by atoms with Gasteiger partial charge in [0.05, 0.1) is 12.3 Å². The molecule has 3 saturated carbocycles. The lowest BCUT2D eigenvalue weighted by atomic mass is 9.46. The molecule has 3 nitrogen and oxygen atoms in total. The SMILES string of the molecule is CO/N=C1/C(CO)CC2CC1C2(C)C. The van der Waals surface area contributed by atoms with Gasteiger partial charge in [0.1, 0.15) is 7.11 Å². The highest BCUT2D eigenvalue weighted by atomic mass is 16.6. The van der Waals surface area contributed by atoms with E-state index >= 15 is 0 Å². The zero-order valence-electron chi connectivity index (χ0n) is 9.16. The maximum absolute atomic E-state index is 9.26. The molecule has 0 saturated heterocycles. The molecule has 80 valence electrons. The molecule has 0 aromatic carbocycles. The normalized spacial score (nSPS) is 42.0. The van der Waals surface area contributed by atoms with Crippen molar-refractivity contribution in [3.63, 3.8) is 0 Å². The monoisotopic (exact) mass is 197 g/mol. The summed E-state index contributed by atoms with van der Waals surface area (Å²) in [7, 11) is 1.58. The quantitative estimate of drug-likeness (QED) is 0.684. The molecule has 0 amide bonds. The van der Waals surface area contributed by atoms with Crippen LogP contribution in [-0.2, 0) is 4.84 Å². The summed E-state index contributed by atoms with van der Waals surface area (Å²) in [6.45, 7) is 4.81. The molecule has 2 bridgehead atoms. The van der Waals surface area contributed by atoms with E-state index in [2.05, 4.69) is 19.0 Å². The molecule has 3 aliphatic carbocycles. The molecule has 0 aromatic heterocycles. The van der Waals surface area contributed by atoms with Crippen LogP contribution in [0.2, 0.25) is 0 Å². The minimum absolute atomic E-state index is 0.214. The molecule has 3 unspecified atom stereocenters. The molecular formula is C11H19NO2. The van der Waals surface area contributed by atoms with Crippen LogP contribution in [-0.4, -0.2) is 24.5 Å². The first-order valence-electron chi connectivity index (χ1n) is 5.33. The first-order valence-corrected chi connectivity index (χ1v) is 5.33. The maximum Gasteiger partial charge on any atom is 0.106 e. The van der Waals surface area contributed by atoms with Gasteiger partial charge < -0.3 is 9.94 Å². The van der Waals surface area contributed by atoms with Crippen molar-refractivity contribution in [3.05, 3.63) is 0 Å². The maximum atomic E-state index is 9.26. The lowest BCUT2D eigenvalue weighted by Crippen LogP contribution is -2.56. The van der Waals surface area contributed by atoms with Crippen molar-refractivity contribution >= 4 is 5.71 Å². The van der Waals surface area contributed by atoms with Crippen LogP contribution in [0.5, 0.6) is 0 Å². The molecule has 0 aromatic rings. The van der Waals surface area contributed by atoms with Crippen LogP contribution in [0.4, 0.5) is 0 Å². The first-order chi connectivity index (χ1) is 6.61. The Morgan fingerprint density at radius 1 is 1.50 bits per heavy atom. The lowest BCUT2D eigenvalue weighted by molar-refractivity contribution is -0.0244. The average Bonchev–Trinajstić information content (AvgIpc) is 2.18. The van der Waals surface area contributed by atoms with Crippen molar-refractivity contribution in [2.75, 3.05) is 13.7 Å². The predicted octanol–water partition coefficient (Wildman–Crippen LogP) is 1.66. The molecule has 3 aliphatic rings. The Balaban J connectivity index is 2.22. The Bertz CT molecular complexity index is 260. The summed E-state index contributed by atoms with van der Waals surface area (Å²) in [5, 5.41) is 13.4. The topological polar surface area (TPSA) is 41.8 Å². The minimum Gasteiger partial charge on any atom is -0.399 e. The van der Waals surface area contributed by atoms with Gasteiger partial charge >= 0.3 is 0 Å². The van der Waals surface area contributed by atoms with E-state index in [9.17, 15) is 5.11 Å². The van der Waals surface area contributed by atoms with Crippen LogP contribution in [0.3, 0.4) is 0 Å². The third-order valence-corrected chi connectivity index (χ3v) is 4.23. The number of fused-ring (bicyclic) bond motifs is 2. The summed E-state index contributed by atoms with van der Waals surface area (Å²) in [6, 6.07) is 0. The van der Waals surface area contributed by atoms with Crippen molar-refractivity contribution in [1.82, 2.24) is 0 Å². The van der Waals surface area contributed by atoms with Gasteiger partial charge in [-0.2, -0.15) is 0 Å². The van der Waals surface area contributed by atoms with Crippen molar-refractivity contribution in [2.45, 2.75) is 26.7 Å². The number of aliphatic hydroxyl groups excluding tert-OH is 1. The molecule has 3 heteroatoms. The van der Waals surface area contributed by atoms with E-state index in [4.69, 9.17) is 4.84 Å². The van der Waals surface area contributed by atoms with Gasteiger partial charge in [-0.1, -0.05) is 19.0 Å². The minimum atomic E-state index is 0.214. The summed E-state index contributed by atoms with van der Waals surface area (Å²) in [5.74, 6) is 1.53. The molecule has 0 radical (unpaired) electrons. The van der Waals surface area contributed by atoms with E-state index < -0.39 is 0 Å². The standard InChI is InChI=1S/C11H19NO2/c1-11(2)8-4-7(6-13)10(12-14-3)9(11)5-8/h7-9,13H,4-6H2,1-3H3/b12-10-. The van der Waals surface area contributed by atoms with E-state index in [0.29, 0.717) is 11.3 Å². The second kappa shape index (κ2) is 3.23. The molecule has 0 heterocycles. The van der Waals surface area contributed by atoms with E-state index in [1.165, 1.54) is 6.42 Å². The summed E-state index contributed by atoms with van der Waals surface area (Å²) in [6.07, 6.45) is 2.30. The van der Waals surface area contributed by atoms with Gasteiger partial charge in [-0.05, 0) is 24.2 Å². The van der Waals surface area contributed by atoms with Crippen LogP contribution in [0.15, 0.2) is 5.16 Å². The average molecular weight is 197 g/mol. The van der Waals surface area contributed by atoms with Gasteiger partial charge in [0, 0.05) is 11.8 Å². The van der Waals surface area contributed by atoms with Gasteiger partial charge in [0.25, 0.3) is 0 Å². The summed E-state index contributed by atoms with van der Waals surface area (Å²) < 4.78 is 0. The molecule has 3 fully saturated rings. The molecule has 14 heavy (non-hydrogen) atoms. The van der Waals surface area contributed by atoms with Crippen molar-refractivity contribution in [2.24, 2.45) is 28.3 Å². The van der Waals surface area contributed by atoms with Crippen molar-refractivity contribution in [1.29, 1.82) is 0 Å². The number of rotatable bonds is 2. The Morgan fingerprint density at radius 3 is 2.71 bits per heavy atom. The van der Waals surface area contributed by atoms with E-state index in [-0.39, 0.29) is 12.5 Å². The largest absolute Gasteiger partial charge is 0.399 e. The lowest BCUT2D eigenvalue weighted by Gasteiger charge is -2.58. The summed E-state index contributed by atoms with van der Waals surface area (Å²) in [4.78, 5) is 4.88. The fraction of sp³-hybridized carbons (Fsp3) is 0.909. The Labute approximate surface area is 85.1 Å². The van der Waals surface area contributed by atoms with E-state index in [0.717, 1.165) is 18.1 Å². The van der Waals surface area contributed by atoms with E-state index in [1.807, 2.05) is 0 Å². The Kier molecular flexibility index (Phi) is 2.30. The zero-order valence-corrected chi connectivity index (χ0v) is 9.16. The second-order valence-electron chi connectivity index (χ2n) is 5.12. The fourth-order valence-electron chi connectivity index (χ4n) is 3.08. The third kappa shape index (κ3) is 1.18. The number of hydrogen-bond donors (Lipinski definition) is 1. The number of oxime groups is 1. The first kappa shape index (κ1) is 9.97. The molecule has 3 rings (SSSR count). The van der Waals surface area contributed by atoms with Gasteiger partial charge in [-0.15, -0.1) is 0 Å². The second-order valence-corrected chi connectivity index (χ2v) is 5.12. The number of hydrogen-bond acceptors (Lipinski definition) is 3. The molecule has 0 spiro atoms. The highest BCUT2D eigenvalue weighted by molar-refractivity contribution is 5.91. The summed E-state index contributed by atoms with van der Waals surface area (Å²) >= 11 is 0. The smallest absolute Gasteiger partial charge is 0.106 e. The van der Waals surface area contributed by atoms with Gasteiger partial charge in [-0.25, -0.2) is 0 Å². The molecule has 1 N–H and O–H groups in total. The highest BCUT2D eigenvalue weighted by Gasteiger charge is 2.56. The third-order valence-electron chi connectivity index (χ3n) is 4.23. The number of aliphatic hydroxyl groups is 1. The molecule has 0 aliphatic heterocycles. The predicted molar refractivity (Wildman–Crippen MR) is 55.0 cm³/mol. The van der Waals surface area contributed by atoms with Crippen LogP contribution in [0.1, 0.15) is 26.7 Å². The van der Waals surface area contributed by atoms with Crippen LogP contribution in [0.25, 0.3) is 0 Å². The van der Waals surface area contributed by atoms with Crippen LogP contribution in [0, 0.1) is 23.2 Å². The van der Waals surface area contributed by atoms with Crippen LogP contribution >= 0.6 is 0 Å². The van der Waals surface area contributed by atoms with Crippen molar-refractivity contribution in [3.8, 4) is 0 Å².